The lowest BCUT2D eigenvalue weighted by molar-refractivity contribution is 0.409. The Hall–Kier alpha value is -0.0200. The van der Waals surface area contributed by atoms with Crippen LogP contribution in [0.3, 0.4) is 0 Å². The molecular formula is C12H16Br2O. The smallest absolute Gasteiger partial charge is 0.122 e. The van der Waals surface area contributed by atoms with E-state index in [1.165, 1.54) is 5.56 Å². The molecule has 3 heteroatoms. The Morgan fingerprint density at radius 2 is 2.13 bits per heavy atom. The molecule has 0 amide bonds. The third-order valence-electron chi connectivity index (χ3n) is 2.41. The Labute approximate surface area is 108 Å². The Balaban J connectivity index is 2.69. The molecule has 0 aromatic heterocycles. The first-order valence-corrected chi connectivity index (χ1v) is 6.84. The highest BCUT2D eigenvalue weighted by Gasteiger charge is 2.06. The van der Waals surface area contributed by atoms with E-state index < -0.39 is 0 Å². The summed E-state index contributed by atoms with van der Waals surface area (Å²) in [7, 11) is 1.72. The van der Waals surface area contributed by atoms with Gasteiger partial charge in [0.25, 0.3) is 0 Å². The van der Waals surface area contributed by atoms with Crippen molar-refractivity contribution in [3.63, 3.8) is 0 Å². The molecule has 0 aliphatic carbocycles. The van der Waals surface area contributed by atoms with Crippen LogP contribution in [0.4, 0.5) is 0 Å². The van der Waals surface area contributed by atoms with Gasteiger partial charge in [-0.05, 0) is 43.0 Å². The number of hydrogen-bond donors (Lipinski definition) is 0. The second-order valence-corrected chi connectivity index (χ2v) is 5.71. The lowest BCUT2D eigenvalue weighted by Crippen LogP contribution is -1.99. The van der Waals surface area contributed by atoms with E-state index in [1.807, 2.05) is 12.1 Å². The van der Waals surface area contributed by atoms with Gasteiger partial charge in [-0.15, -0.1) is 0 Å². The summed E-state index contributed by atoms with van der Waals surface area (Å²) in [6.07, 6.45) is 3.35. The maximum atomic E-state index is 5.33. The molecule has 0 spiro atoms. The van der Waals surface area contributed by atoms with Gasteiger partial charge in [-0.25, -0.2) is 0 Å². The van der Waals surface area contributed by atoms with Crippen molar-refractivity contribution in [1.29, 1.82) is 0 Å². The largest absolute Gasteiger partial charge is 0.496 e. The summed E-state index contributed by atoms with van der Waals surface area (Å²) in [6.45, 7) is 2.19. The maximum Gasteiger partial charge on any atom is 0.122 e. The molecule has 1 nitrogen and oxygen atoms in total. The topological polar surface area (TPSA) is 9.23 Å². The fourth-order valence-electron chi connectivity index (χ4n) is 1.46. The normalized spacial score (nSPS) is 12.5. The van der Waals surface area contributed by atoms with Crippen molar-refractivity contribution in [2.75, 3.05) is 7.11 Å². The molecule has 1 rings (SSSR count). The molecule has 0 saturated carbocycles. The van der Waals surface area contributed by atoms with Crippen molar-refractivity contribution in [2.24, 2.45) is 0 Å². The summed E-state index contributed by atoms with van der Waals surface area (Å²) in [5, 5.41) is 0. The van der Waals surface area contributed by atoms with Crippen LogP contribution >= 0.6 is 31.9 Å². The summed E-state index contributed by atoms with van der Waals surface area (Å²) < 4.78 is 6.44. The lowest BCUT2D eigenvalue weighted by Gasteiger charge is -2.10. The van der Waals surface area contributed by atoms with Gasteiger partial charge < -0.3 is 4.74 Å². The average molecular weight is 336 g/mol. The number of ether oxygens (including phenoxy) is 1. The quantitative estimate of drug-likeness (QED) is 0.716. The summed E-state index contributed by atoms with van der Waals surface area (Å²) >= 11 is 7.13. The van der Waals surface area contributed by atoms with Crippen LogP contribution < -0.4 is 4.74 Å². The lowest BCUT2D eigenvalue weighted by atomic mass is 10.1. The van der Waals surface area contributed by atoms with Crippen molar-refractivity contribution in [3.8, 4) is 5.75 Å². The van der Waals surface area contributed by atoms with E-state index in [2.05, 4.69) is 44.8 Å². The molecule has 1 atom stereocenters. The number of methoxy groups -OCH3 is 1. The molecule has 84 valence electrons. The molecular weight excluding hydrogens is 320 g/mol. The van der Waals surface area contributed by atoms with Gasteiger partial charge in [0.15, 0.2) is 0 Å². The van der Waals surface area contributed by atoms with Crippen LogP contribution in [0.5, 0.6) is 5.75 Å². The second-order valence-electron chi connectivity index (χ2n) is 3.50. The number of benzene rings is 1. The first-order valence-electron chi connectivity index (χ1n) is 5.13. The van der Waals surface area contributed by atoms with Gasteiger partial charge >= 0.3 is 0 Å². The standard InChI is InChI=1S/C12H16Br2O/c1-3-10(13)5-4-9-8-11(14)6-7-12(9)15-2/h6-8,10H,3-5H2,1-2H3. The highest BCUT2D eigenvalue weighted by atomic mass is 79.9. The molecule has 0 fully saturated rings. The average Bonchev–Trinajstić information content (AvgIpc) is 2.26. The number of alkyl halides is 1. The maximum absolute atomic E-state index is 5.33. The SMILES string of the molecule is CCC(Br)CCc1cc(Br)ccc1OC. The highest BCUT2D eigenvalue weighted by Crippen LogP contribution is 2.25. The van der Waals surface area contributed by atoms with Gasteiger partial charge in [0.05, 0.1) is 7.11 Å². The van der Waals surface area contributed by atoms with E-state index >= 15 is 0 Å². The van der Waals surface area contributed by atoms with Crippen LogP contribution in [0.25, 0.3) is 0 Å². The number of halogens is 2. The van der Waals surface area contributed by atoms with E-state index in [4.69, 9.17) is 4.74 Å². The van der Waals surface area contributed by atoms with Gasteiger partial charge in [0.2, 0.25) is 0 Å². The van der Waals surface area contributed by atoms with Crippen LogP contribution in [0, 0.1) is 0 Å². The van der Waals surface area contributed by atoms with Gasteiger partial charge in [0.1, 0.15) is 5.75 Å². The molecule has 15 heavy (non-hydrogen) atoms. The van der Waals surface area contributed by atoms with Crippen LogP contribution in [0.2, 0.25) is 0 Å². The predicted octanol–water partition coefficient (Wildman–Crippen LogP) is 4.56. The summed E-state index contributed by atoms with van der Waals surface area (Å²) in [6, 6.07) is 6.15. The fourth-order valence-corrected chi connectivity index (χ4v) is 2.10. The molecule has 0 radical (unpaired) electrons. The van der Waals surface area contributed by atoms with Gasteiger partial charge in [-0.2, -0.15) is 0 Å². The number of hydrogen-bond acceptors (Lipinski definition) is 1. The predicted molar refractivity (Wildman–Crippen MR) is 72.0 cm³/mol. The Morgan fingerprint density at radius 1 is 1.40 bits per heavy atom. The number of aryl methyl sites for hydroxylation is 1. The minimum absolute atomic E-state index is 0.598. The second kappa shape index (κ2) is 6.54. The zero-order valence-corrected chi connectivity index (χ0v) is 12.3. The third kappa shape index (κ3) is 4.15. The number of rotatable bonds is 5. The molecule has 1 aromatic rings. The first-order chi connectivity index (χ1) is 7.17. The first kappa shape index (κ1) is 13.0. The zero-order valence-electron chi connectivity index (χ0n) is 9.09. The monoisotopic (exact) mass is 334 g/mol. The summed E-state index contributed by atoms with van der Waals surface area (Å²) in [5.41, 5.74) is 1.27. The fraction of sp³-hybridized carbons (Fsp3) is 0.500. The van der Waals surface area contributed by atoms with Crippen molar-refractivity contribution in [3.05, 3.63) is 28.2 Å². The molecule has 0 heterocycles. The molecule has 0 N–H and O–H groups in total. The van der Waals surface area contributed by atoms with Gasteiger partial charge in [-0.1, -0.05) is 38.8 Å². The molecule has 0 aliphatic rings. The van der Waals surface area contributed by atoms with Crippen LogP contribution in [0.1, 0.15) is 25.3 Å². The van der Waals surface area contributed by atoms with E-state index in [0.29, 0.717) is 4.83 Å². The summed E-state index contributed by atoms with van der Waals surface area (Å²) in [4.78, 5) is 0.598. The van der Waals surface area contributed by atoms with Crippen molar-refractivity contribution >= 4 is 31.9 Å². The third-order valence-corrected chi connectivity index (χ3v) is 4.01. The minimum Gasteiger partial charge on any atom is -0.496 e. The van der Waals surface area contributed by atoms with Crippen molar-refractivity contribution in [1.82, 2.24) is 0 Å². The van der Waals surface area contributed by atoms with E-state index in [1.54, 1.807) is 7.11 Å². The van der Waals surface area contributed by atoms with Crippen molar-refractivity contribution in [2.45, 2.75) is 31.0 Å². The van der Waals surface area contributed by atoms with E-state index in [0.717, 1.165) is 29.5 Å². The highest BCUT2D eigenvalue weighted by molar-refractivity contribution is 9.10. The Morgan fingerprint density at radius 3 is 2.73 bits per heavy atom. The van der Waals surface area contributed by atoms with Crippen LogP contribution in [-0.2, 0) is 6.42 Å². The molecule has 0 aliphatic heterocycles. The van der Waals surface area contributed by atoms with E-state index in [9.17, 15) is 0 Å². The molecule has 1 aromatic carbocycles. The van der Waals surface area contributed by atoms with Crippen LogP contribution in [0.15, 0.2) is 22.7 Å². The molecule has 0 saturated heterocycles. The van der Waals surface area contributed by atoms with Crippen molar-refractivity contribution < 1.29 is 4.74 Å². The molecule has 0 bridgehead atoms. The summed E-state index contributed by atoms with van der Waals surface area (Å²) in [5.74, 6) is 0.981. The van der Waals surface area contributed by atoms with Gasteiger partial charge in [0, 0.05) is 9.30 Å². The van der Waals surface area contributed by atoms with E-state index in [-0.39, 0.29) is 0 Å². The Kier molecular flexibility index (Phi) is 5.69. The molecule has 1 unspecified atom stereocenters. The van der Waals surface area contributed by atoms with Crippen LogP contribution in [-0.4, -0.2) is 11.9 Å². The van der Waals surface area contributed by atoms with Gasteiger partial charge in [-0.3, -0.25) is 0 Å². The Bertz CT molecular complexity index is 312. The zero-order chi connectivity index (χ0) is 11.3. The minimum atomic E-state index is 0.598.